The fourth-order valence-corrected chi connectivity index (χ4v) is 0.901. The van der Waals surface area contributed by atoms with Crippen LogP contribution < -0.4 is 40.2 Å². The summed E-state index contributed by atoms with van der Waals surface area (Å²) in [5.41, 5.74) is 5.03. The van der Waals surface area contributed by atoms with Crippen molar-refractivity contribution in [2.45, 2.75) is 0 Å². The Hall–Kier alpha value is 0.890. The second-order valence-electron chi connectivity index (χ2n) is 2.20. The Balaban J connectivity index is -0.000000720. The summed E-state index contributed by atoms with van der Waals surface area (Å²) >= 11 is 0. The van der Waals surface area contributed by atoms with E-state index in [9.17, 15) is 14.3 Å². The van der Waals surface area contributed by atoms with E-state index >= 15 is 0 Å². The first kappa shape index (κ1) is 21.2. The van der Waals surface area contributed by atoms with Crippen molar-refractivity contribution in [1.29, 1.82) is 0 Å². The molecule has 0 fully saturated rings. The minimum Gasteiger partial charge on any atom is -0.760 e. The number of hydrogen-bond acceptors (Lipinski definition) is 3. The number of carboxylic acids is 1. The van der Waals surface area contributed by atoms with Gasteiger partial charge in [-0.15, -0.1) is 0 Å². The molecule has 11 heteroatoms. The van der Waals surface area contributed by atoms with Crippen LogP contribution in [0.5, 0.6) is 0 Å². The molecular weight excluding hydrogens is 247 g/mol. The van der Waals surface area contributed by atoms with Crippen molar-refractivity contribution in [2.24, 2.45) is 10.5 Å². The Kier molecular flexibility index (Phi) is 12.7. The zero-order chi connectivity index (χ0) is 10.6. The van der Waals surface area contributed by atoms with Crippen LogP contribution in [0.25, 0.3) is 0 Å². The van der Waals surface area contributed by atoms with Gasteiger partial charge in [0.25, 0.3) is 7.75 Å². The maximum atomic E-state index is 10.2. The first-order valence-electron chi connectivity index (χ1n) is 3.05. The number of likely N-dealkylation sites (N-methyl/N-ethyl adjacent to an activating group) is 1. The first-order chi connectivity index (χ1) is 5.72. The monoisotopic (exact) mass is 256 g/mol. The van der Waals surface area contributed by atoms with E-state index < -0.39 is 26.2 Å². The fraction of sp³-hybridized carbons (Fsp3) is 0.500. The summed E-state index contributed by atoms with van der Waals surface area (Å²) in [4.78, 5) is 29.4. The van der Waals surface area contributed by atoms with Gasteiger partial charge in [0, 0.05) is 36.6 Å². The summed E-state index contributed by atoms with van der Waals surface area (Å²) in [6, 6.07) is 0. The molecule has 0 aliphatic heterocycles. The van der Waals surface area contributed by atoms with Gasteiger partial charge in [-0.05, 0) is 0 Å². The van der Waals surface area contributed by atoms with Gasteiger partial charge in [0.1, 0.15) is 6.54 Å². The summed E-state index contributed by atoms with van der Waals surface area (Å²) in [6.07, 6.45) is 0. The number of carboxylic acid groups (broad SMARTS) is 1. The van der Waals surface area contributed by atoms with Crippen molar-refractivity contribution in [3.8, 4) is 0 Å². The molecule has 0 amide bonds. The van der Waals surface area contributed by atoms with Crippen molar-refractivity contribution in [3.63, 3.8) is 0 Å². The average molecular weight is 256 g/mol. The number of nitrogens with two attached hydrogens (primary N) is 1. The van der Waals surface area contributed by atoms with E-state index in [0.717, 1.165) is 4.90 Å². The van der Waals surface area contributed by atoms with Gasteiger partial charge < -0.3 is 25.5 Å². The third kappa shape index (κ3) is 12.8. The van der Waals surface area contributed by atoms with Gasteiger partial charge in [-0.2, -0.15) is 4.76 Å². The van der Waals surface area contributed by atoms with E-state index in [-0.39, 0.29) is 59.1 Å². The molecule has 4 N–H and O–H groups in total. The summed E-state index contributed by atoms with van der Waals surface area (Å²) in [6.45, 7) is -0.505. The van der Waals surface area contributed by atoms with Crippen molar-refractivity contribution in [2.75, 3.05) is 13.6 Å². The van der Waals surface area contributed by atoms with E-state index in [4.69, 9.17) is 15.7 Å². The smallest absolute Gasteiger partial charge is 0.760 e. The molecule has 0 heterocycles. The second kappa shape index (κ2) is 8.98. The van der Waals surface area contributed by atoms with Gasteiger partial charge in [-0.1, -0.05) is 0 Å². The molecule has 0 saturated carbocycles. The molecule has 0 aromatic heterocycles. The fourth-order valence-electron chi connectivity index (χ4n) is 0.490. The van der Waals surface area contributed by atoms with Gasteiger partial charge >= 0.3 is 35.5 Å². The van der Waals surface area contributed by atoms with E-state index in [1.165, 1.54) is 7.05 Å². The molecule has 0 saturated heterocycles. The molecule has 0 aliphatic rings. The Morgan fingerprint density at radius 1 is 1.67 bits per heavy atom. The Morgan fingerprint density at radius 2 is 2.07 bits per heavy atom. The molecule has 0 aliphatic carbocycles. The number of rotatable bonds is 3. The molecule has 0 spiro atoms. The molecule has 8 nitrogen and oxygen atoms in total. The predicted molar refractivity (Wildman–Crippen MR) is 47.5 cm³/mol. The molecule has 0 rings (SSSR count). The molecule has 0 bridgehead atoms. The van der Waals surface area contributed by atoms with Crippen LogP contribution in [0.15, 0.2) is 4.76 Å². The third-order valence-electron chi connectivity index (χ3n) is 0.992. The number of guanidine groups is 1. The van der Waals surface area contributed by atoms with Crippen LogP contribution in [-0.2, 0) is 9.36 Å². The Bertz CT molecular complexity index is 279. The summed E-state index contributed by atoms with van der Waals surface area (Å²) in [7, 11) is -3.62. The maximum Gasteiger partial charge on any atom is 1.00 e. The van der Waals surface area contributed by atoms with Crippen molar-refractivity contribution in [1.82, 2.24) is 4.90 Å². The Morgan fingerprint density at radius 3 is 2.33 bits per heavy atom. The molecule has 1 atom stereocenters. The topological polar surface area (TPSA) is 139 Å². The summed E-state index contributed by atoms with van der Waals surface area (Å²) < 4.78 is 12.8. The van der Waals surface area contributed by atoms with Crippen molar-refractivity contribution in [3.05, 3.63) is 0 Å². The molecule has 15 heavy (non-hydrogen) atoms. The quantitative estimate of drug-likeness (QED) is 0.198. The van der Waals surface area contributed by atoms with Gasteiger partial charge in [0.05, 0.1) is 0 Å². The number of aliphatic carboxylic acids is 1. The summed E-state index contributed by atoms with van der Waals surface area (Å²) in [5.74, 6) is -1.78. The van der Waals surface area contributed by atoms with E-state index in [1.54, 1.807) is 0 Å². The van der Waals surface area contributed by atoms with Crippen LogP contribution in [0.2, 0.25) is 0 Å². The molecule has 77 valence electrons. The van der Waals surface area contributed by atoms with Crippen molar-refractivity contribution < 1.29 is 53.8 Å². The first-order valence-corrected chi connectivity index (χ1v) is 4.58. The zero-order valence-electron chi connectivity index (χ0n) is 8.75. The van der Waals surface area contributed by atoms with Crippen molar-refractivity contribution >= 4 is 49.2 Å². The zero-order valence-corrected chi connectivity index (χ0v) is 13.6. The van der Waals surface area contributed by atoms with Crippen LogP contribution in [0.4, 0.5) is 0 Å². The minimum atomic E-state index is -4.84. The Labute approximate surface area is 131 Å². The second-order valence-corrected chi connectivity index (χ2v) is 3.38. The van der Waals surface area contributed by atoms with E-state index in [0.29, 0.717) is 0 Å². The number of hydrogen-bond donors (Lipinski definition) is 3. The van der Waals surface area contributed by atoms with E-state index in [2.05, 4.69) is 4.76 Å². The predicted octanol–water partition coefficient (Wildman–Crippen LogP) is -5.60. The molecular formula is C4H9N3Na2O5P. The third-order valence-corrected chi connectivity index (χ3v) is 1.45. The summed E-state index contributed by atoms with van der Waals surface area (Å²) in [5, 5.41) is 8.27. The SMILES string of the molecule is CN(CC(=O)O)/C(N)=N/P(=O)([O-])O.[Na+].[Na]. The van der Waals surface area contributed by atoms with Crippen LogP contribution in [0, 0.1) is 0 Å². The average Bonchev–Trinajstić information content (AvgIpc) is 1.81. The molecule has 1 radical (unpaired) electrons. The normalized spacial score (nSPS) is 14.2. The van der Waals surface area contributed by atoms with Gasteiger partial charge in [-0.25, -0.2) is 0 Å². The minimum absolute atomic E-state index is 0. The number of nitrogens with zero attached hydrogens (tertiary/aromatic N) is 2. The van der Waals surface area contributed by atoms with E-state index in [1.807, 2.05) is 0 Å². The van der Waals surface area contributed by atoms with Crippen LogP contribution >= 0.6 is 7.75 Å². The van der Waals surface area contributed by atoms with Gasteiger partial charge in [0.15, 0.2) is 5.96 Å². The van der Waals surface area contributed by atoms with Gasteiger partial charge in [-0.3, -0.25) is 9.36 Å². The molecule has 0 aromatic rings. The largest absolute Gasteiger partial charge is 1.00 e. The van der Waals surface area contributed by atoms with Crippen LogP contribution in [-0.4, -0.2) is 70.0 Å². The standard InChI is InChI=1S/C4H10N3O5P.2Na/c1-7(2-3(8)9)4(5)6-13(10,11)12;;/h2H2,1H3,(H,8,9)(H4,5,6,10,11,12);;/q;;+1/p-1. The number of carbonyl (C=O) groups is 1. The molecule has 1 unspecified atom stereocenters. The van der Waals surface area contributed by atoms with Crippen LogP contribution in [0.3, 0.4) is 0 Å². The molecule has 0 aromatic carbocycles. The maximum absolute atomic E-state index is 10.2. The van der Waals surface area contributed by atoms with Gasteiger partial charge in [0.2, 0.25) is 0 Å². The van der Waals surface area contributed by atoms with Crippen LogP contribution in [0.1, 0.15) is 0 Å².